The van der Waals surface area contributed by atoms with Gasteiger partial charge in [0.2, 0.25) is 0 Å². The molecule has 0 radical (unpaired) electrons. The predicted molar refractivity (Wildman–Crippen MR) is 110 cm³/mol. The highest BCUT2D eigenvalue weighted by molar-refractivity contribution is 5.89. The van der Waals surface area contributed by atoms with Crippen molar-refractivity contribution in [3.63, 3.8) is 0 Å². The van der Waals surface area contributed by atoms with Gasteiger partial charge in [-0.1, -0.05) is 25.5 Å². The SMILES string of the molecule is C[C@]12CCC(OC(=O)c3cccnc3)CC1=CCC1C2CC[C@]2(C)C(=O)CCC12. The summed E-state index contributed by atoms with van der Waals surface area (Å²) in [5, 5.41) is 0. The van der Waals surface area contributed by atoms with E-state index in [1.165, 1.54) is 5.57 Å². The number of carbonyl (C=O) groups excluding carboxylic acids is 2. The molecule has 0 N–H and O–H groups in total. The fraction of sp³-hybridized carbons (Fsp3) is 0.640. The van der Waals surface area contributed by atoms with Gasteiger partial charge in [-0.2, -0.15) is 0 Å². The summed E-state index contributed by atoms with van der Waals surface area (Å²) >= 11 is 0. The zero-order valence-corrected chi connectivity index (χ0v) is 17.5. The molecule has 4 heteroatoms. The van der Waals surface area contributed by atoms with Crippen LogP contribution in [0.1, 0.15) is 75.6 Å². The molecule has 4 nitrogen and oxygen atoms in total. The maximum absolute atomic E-state index is 12.6. The molecule has 4 aliphatic rings. The van der Waals surface area contributed by atoms with Gasteiger partial charge in [0, 0.05) is 30.7 Å². The van der Waals surface area contributed by atoms with E-state index < -0.39 is 0 Å². The molecular formula is C25H31NO3. The van der Waals surface area contributed by atoms with Crippen LogP contribution >= 0.6 is 0 Å². The first-order valence-electron chi connectivity index (χ1n) is 11.3. The fourth-order valence-corrected chi connectivity index (χ4v) is 7.20. The minimum Gasteiger partial charge on any atom is -0.458 e. The number of ether oxygens (including phenoxy) is 1. The van der Waals surface area contributed by atoms with Crippen LogP contribution < -0.4 is 0 Å². The molecule has 0 amide bonds. The Morgan fingerprint density at radius 1 is 1.14 bits per heavy atom. The van der Waals surface area contributed by atoms with Gasteiger partial charge in [-0.25, -0.2) is 4.79 Å². The number of nitrogens with zero attached hydrogens (tertiary/aromatic N) is 1. The van der Waals surface area contributed by atoms with Crippen LogP contribution in [0, 0.1) is 28.6 Å². The van der Waals surface area contributed by atoms with Crippen LogP contribution in [0.15, 0.2) is 36.2 Å². The molecule has 29 heavy (non-hydrogen) atoms. The van der Waals surface area contributed by atoms with Gasteiger partial charge in [0.15, 0.2) is 0 Å². The zero-order valence-electron chi connectivity index (χ0n) is 17.5. The van der Waals surface area contributed by atoms with E-state index in [0.717, 1.165) is 51.4 Å². The number of pyridine rings is 1. The topological polar surface area (TPSA) is 56.3 Å². The molecule has 0 aliphatic heterocycles. The molecule has 3 saturated carbocycles. The molecule has 1 aromatic heterocycles. The smallest absolute Gasteiger partial charge is 0.339 e. The minimum atomic E-state index is -0.265. The molecule has 0 aromatic carbocycles. The van der Waals surface area contributed by atoms with Crippen molar-refractivity contribution in [3.8, 4) is 0 Å². The third kappa shape index (κ3) is 2.90. The van der Waals surface area contributed by atoms with E-state index in [2.05, 4.69) is 24.9 Å². The lowest BCUT2D eigenvalue weighted by atomic mass is 9.48. The second-order valence-electron chi connectivity index (χ2n) is 10.2. The number of esters is 1. The quantitative estimate of drug-likeness (QED) is 0.516. The second kappa shape index (κ2) is 6.78. The third-order valence-corrected chi connectivity index (χ3v) is 8.94. The number of aromatic nitrogens is 1. The summed E-state index contributed by atoms with van der Waals surface area (Å²) in [5.74, 6) is 2.11. The number of Topliss-reactive ketones (excluding diaryl/α,β-unsaturated/α-hetero) is 1. The van der Waals surface area contributed by atoms with E-state index in [1.807, 2.05) is 0 Å². The van der Waals surface area contributed by atoms with E-state index >= 15 is 0 Å². The third-order valence-electron chi connectivity index (χ3n) is 8.94. The van der Waals surface area contributed by atoms with Gasteiger partial charge in [-0.3, -0.25) is 9.78 Å². The van der Waals surface area contributed by atoms with Crippen LogP contribution in [0.5, 0.6) is 0 Å². The first kappa shape index (κ1) is 19.0. The lowest BCUT2D eigenvalue weighted by Crippen LogP contribution is -2.50. The van der Waals surface area contributed by atoms with E-state index in [4.69, 9.17) is 4.74 Å². The van der Waals surface area contributed by atoms with Crippen LogP contribution in [0.2, 0.25) is 0 Å². The van der Waals surface area contributed by atoms with Gasteiger partial charge in [0.05, 0.1) is 5.56 Å². The van der Waals surface area contributed by atoms with Crippen molar-refractivity contribution in [3.05, 3.63) is 41.7 Å². The summed E-state index contributed by atoms with van der Waals surface area (Å²) in [7, 11) is 0. The molecule has 4 aliphatic carbocycles. The lowest BCUT2D eigenvalue weighted by Gasteiger charge is -2.56. The molecule has 0 bridgehead atoms. The summed E-state index contributed by atoms with van der Waals surface area (Å²) in [4.78, 5) is 29.0. The standard InChI is InChI=1S/C25H31NO3/c1-24-11-9-18(29-23(28)16-4-3-13-26-15-16)14-17(24)5-6-19-20-7-8-22(27)25(20,2)12-10-21(19)24/h3-5,13,15,18-21H,6-12,14H2,1-2H3/t18?,19?,20?,21?,24-,25-/m0/s1. The van der Waals surface area contributed by atoms with Gasteiger partial charge in [-0.05, 0) is 73.8 Å². The van der Waals surface area contributed by atoms with Crippen LogP contribution in [0.4, 0.5) is 0 Å². The first-order chi connectivity index (χ1) is 13.9. The molecule has 0 saturated heterocycles. The highest BCUT2D eigenvalue weighted by Crippen LogP contribution is 2.64. The van der Waals surface area contributed by atoms with Gasteiger partial charge < -0.3 is 4.74 Å². The zero-order chi connectivity index (χ0) is 20.2. The number of rotatable bonds is 2. The summed E-state index contributed by atoms with van der Waals surface area (Å²) in [6.45, 7) is 4.67. The van der Waals surface area contributed by atoms with E-state index in [0.29, 0.717) is 29.1 Å². The van der Waals surface area contributed by atoms with Crippen LogP contribution in [-0.4, -0.2) is 22.8 Å². The van der Waals surface area contributed by atoms with Crippen molar-refractivity contribution in [2.75, 3.05) is 0 Å². The molecule has 1 heterocycles. The molecule has 1 aromatic rings. The van der Waals surface area contributed by atoms with Crippen molar-refractivity contribution >= 4 is 11.8 Å². The van der Waals surface area contributed by atoms with Gasteiger partial charge in [0.1, 0.15) is 11.9 Å². The number of fused-ring (bicyclic) bond motifs is 5. The number of hydrogen-bond acceptors (Lipinski definition) is 4. The second-order valence-corrected chi connectivity index (χ2v) is 10.2. The Kier molecular flexibility index (Phi) is 4.45. The van der Waals surface area contributed by atoms with Gasteiger partial charge >= 0.3 is 5.97 Å². The highest BCUT2D eigenvalue weighted by Gasteiger charge is 2.58. The Labute approximate surface area is 173 Å². The predicted octanol–water partition coefficient (Wildman–Crippen LogP) is 5.14. The summed E-state index contributed by atoms with van der Waals surface area (Å²) in [6, 6.07) is 3.53. The molecule has 154 valence electrons. The van der Waals surface area contributed by atoms with Crippen LogP contribution in [0.25, 0.3) is 0 Å². The molecule has 4 unspecified atom stereocenters. The number of allylic oxidation sites excluding steroid dienone is 1. The molecule has 3 fully saturated rings. The van der Waals surface area contributed by atoms with Gasteiger partial charge in [0.25, 0.3) is 0 Å². The maximum Gasteiger partial charge on any atom is 0.339 e. The van der Waals surface area contributed by atoms with Crippen molar-refractivity contribution in [2.45, 2.75) is 71.3 Å². The number of carbonyl (C=O) groups is 2. The van der Waals surface area contributed by atoms with Crippen LogP contribution in [-0.2, 0) is 9.53 Å². The van der Waals surface area contributed by atoms with Crippen molar-refractivity contribution in [2.24, 2.45) is 28.6 Å². The maximum atomic E-state index is 12.6. The molecule has 6 atom stereocenters. The molecule has 0 spiro atoms. The first-order valence-corrected chi connectivity index (χ1v) is 11.3. The van der Waals surface area contributed by atoms with E-state index in [9.17, 15) is 9.59 Å². The van der Waals surface area contributed by atoms with Gasteiger partial charge in [-0.15, -0.1) is 0 Å². The van der Waals surface area contributed by atoms with Crippen molar-refractivity contribution < 1.29 is 14.3 Å². The fourth-order valence-electron chi connectivity index (χ4n) is 7.20. The Hall–Kier alpha value is -1.97. The van der Waals surface area contributed by atoms with E-state index in [-0.39, 0.29) is 22.9 Å². The number of ketones is 1. The lowest BCUT2D eigenvalue weighted by molar-refractivity contribution is -0.132. The average molecular weight is 394 g/mol. The summed E-state index contributed by atoms with van der Waals surface area (Å²) in [5.41, 5.74) is 2.14. The van der Waals surface area contributed by atoms with Crippen molar-refractivity contribution in [1.29, 1.82) is 0 Å². The number of hydrogen-bond donors (Lipinski definition) is 0. The molecular weight excluding hydrogens is 362 g/mol. The summed E-state index contributed by atoms with van der Waals surface area (Å²) < 4.78 is 5.84. The Morgan fingerprint density at radius 3 is 2.72 bits per heavy atom. The van der Waals surface area contributed by atoms with Crippen LogP contribution in [0.3, 0.4) is 0 Å². The highest BCUT2D eigenvalue weighted by atomic mass is 16.5. The Morgan fingerprint density at radius 2 is 1.93 bits per heavy atom. The van der Waals surface area contributed by atoms with E-state index in [1.54, 1.807) is 24.5 Å². The Bertz CT molecular complexity index is 862. The normalized spacial score (nSPS) is 41.0. The molecule has 5 rings (SSSR count). The summed E-state index contributed by atoms with van der Waals surface area (Å²) in [6.07, 6.45) is 13.7. The monoisotopic (exact) mass is 393 g/mol. The average Bonchev–Trinajstić information content (AvgIpc) is 3.03. The minimum absolute atomic E-state index is 0.0412. The largest absolute Gasteiger partial charge is 0.458 e. The Balaban J connectivity index is 1.33. The van der Waals surface area contributed by atoms with Crippen molar-refractivity contribution in [1.82, 2.24) is 4.98 Å².